The van der Waals surface area contributed by atoms with E-state index in [-0.39, 0.29) is 91.8 Å². The topological polar surface area (TPSA) is 145 Å². The van der Waals surface area contributed by atoms with Crippen LogP contribution >= 0.6 is 15.6 Å². The van der Waals surface area contributed by atoms with E-state index in [9.17, 15) is 28.7 Å². The number of phosphoric ester groups is 2. The summed E-state index contributed by atoms with van der Waals surface area (Å²) in [5.41, 5.74) is 0. The van der Waals surface area contributed by atoms with E-state index in [1.165, 1.54) is 141 Å². The molecule has 13 heteroatoms. The van der Waals surface area contributed by atoms with E-state index < -0.39 is 15.6 Å². The SMILES string of the molecule is CCCCCCCCCCCCCCCCOP(=O)([O-])[O-].CCCCCCCCCCCCCCCCOP(=O)([O-])[O-].[Na+].[Na+].[Zn+2]. The molecular formula is C32H66Na2O8P2Zn. The first-order chi connectivity index (χ1) is 20.1. The first-order valence-electron chi connectivity index (χ1n) is 17.5. The molecule has 0 heterocycles. The van der Waals surface area contributed by atoms with Crippen molar-refractivity contribution in [3.8, 4) is 0 Å². The first-order valence-corrected chi connectivity index (χ1v) is 20.4. The zero-order valence-corrected chi connectivity index (χ0v) is 38.8. The van der Waals surface area contributed by atoms with Crippen molar-refractivity contribution in [3.05, 3.63) is 0 Å². The second-order valence-electron chi connectivity index (χ2n) is 11.8. The van der Waals surface area contributed by atoms with Crippen LogP contribution in [0.1, 0.15) is 194 Å². The van der Waals surface area contributed by atoms with Crippen LogP contribution in [0, 0.1) is 0 Å². The quantitative estimate of drug-likeness (QED) is 0.0580. The third-order valence-electron chi connectivity index (χ3n) is 7.49. The van der Waals surface area contributed by atoms with Crippen LogP contribution in [0.15, 0.2) is 0 Å². The van der Waals surface area contributed by atoms with Gasteiger partial charge >= 0.3 is 78.6 Å². The van der Waals surface area contributed by atoms with E-state index in [0.717, 1.165) is 25.7 Å². The molecule has 0 aromatic heterocycles. The largest absolute Gasteiger partial charge is 2.00 e. The summed E-state index contributed by atoms with van der Waals surface area (Å²) in [5, 5.41) is 0. The molecule has 0 rings (SSSR count). The van der Waals surface area contributed by atoms with Crippen LogP contribution < -0.4 is 78.7 Å². The number of unbranched alkanes of at least 4 members (excludes halogenated alkanes) is 26. The third-order valence-corrected chi connectivity index (χ3v) is 8.49. The normalized spacial score (nSPS) is 11.2. The predicted octanol–water partition coefficient (Wildman–Crippen LogP) is 2.63. The number of hydrogen-bond donors (Lipinski definition) is 0. The van der Waals surface area contributed by atoms with Gasteiger partial charge in [-0.3, -0.25) is 0 Å². The average molecular weight is 752 g/mol. The van der Waals surface area contributed by atoms with E-state index >= 15 is 0 Å². The molecule has 0 saturated heterocycles. The van der Waals surface area contributed by atoms with E-state index in [1.807, 2.05) is 0 Å². The fraction of sp³-hybridized carbons (Fsp3) is 1.00. The maximum atomic E-state index is 10.2. The minimum Gasteiger partial charge on any atom is -0.790 e. The van der Waals surface area contributed by atoms with Gasteiger partial charge in [0.05, 0.1) is 28.9 Å². The molecule has 0 aliphatic heterocycles. The van der Waals surface area contributed by atoms with Crippen LogP contribution in [0.2, 0.25) is 0 Å². The Morgan fingerprint density at radius 2 is 0.511 bits per heavy atom. The molecular weight excluding hydrogens is 686 g/mol. The van der Waals surface area contributed by atoms with Gasteiger partial charge in [0.15, 0.2) is 0 Å². The molecule has 45 heavy (non-hydrogen) atoms. The molecule has 0 aliphatic rings. The smallest absolute Gasteiger partial charge is 0.790 e. The van der Waals surface area contributed by atoms with E-state index in [2.05, 4.69) is 22.9 Å². The summed E-state index contributed by atoms with van der Waals surface area (Å²) in [6.07, 6.45) is 34.9. The van der Waals surface area contributed by atoms with Crippen molar-refractivity contribution in [1.29, 1.82) is 0 Å². The Labute approximate surface area is 335 Å². The van der Waals surface area contributed by atoms with Gasteiger partial charge in [-0.15, -0.1) is 0 Å². The van der Waals surface area contributed by atoms with Crippen molar-refractivity contribution < 1.29 is 116 Å². The molecule has 0 unspecified atom stereocenters. The zero-order chi connectivity index (χ0) is 31.6. The predicted molar refractivity (Wildman–Crippen MR) is 168 cm³/mol. The molecule has 8 nitrogen and oxygen atoms in total. The Kier molecular flexibility index (Phi) is 57.0. The van der Waals surface area contributed by atoms with Crippen molar-refractivity contribution >= 4 is 15.6 Å². The van der Waals surface area contributed by atoms with Gasteiger partial charge in [0.2, 0.25) is 0 Å². The molecule has 256 valence electrons. The summed E-state index contributed by atoms with van der Waals surface area (Å²) in [7, 11) is -9.50. The van der Waals surface area contributed by atoms with Crippen LogP contribution in [-0.4, -0.2) is 13.2 Å². The van der Waals surface area contributed by atoms with E-state index in [4.69, 9.17) is 0 Å². The van der Waals surface area contributed by atoms with Crippen LogP contribution in [0.25, 0.3) is 0 Å². The zero-order valence-electron chi connectivity index (χ0n) is 30.1. The second-order valence-corrected chi connectivity index (χ2v) is 14.1. The Hall–Kier alpha value is 2.84. The molecule has 0 fully saturated rings. The van der Waals surface area contributed by atoms with Crippen molar-refractivity contribution in [2.45, 2.75) is 194 Å². The van der Waals surface area contributed by atoms with Crippen molar-refractivity contribution in [2.75, 3.05) is 13.2 Å². The van der Waals surface area contributed by atoms with Gasteiger partial charge in [-0.2, -0.15) is 0 Å². The monoisotopic (exact) mass is 750 g/mol. The summed E-state index contributed by atoms with van der Waals surface area (Å²) in [6.45, 7) is 4.59. The third kappa shape index (κ3) is 62.4. The van der Waals surface area contributed by atoms with Gasteiger partial charge in [-0.25, -0.2) is 0 Å². The summed E-state index contributed by atoms with van der Waals surface area (Å²) >= 11 is 0. The van der Waals surface area contributed by atoms with Crippen molar-refractivity contribution in [2.24, 2.45) is 0 Å². The molecule has 0 aliphatic carbocycles. The molecule has 0 amide bonds. The summed E-state index contributed by atoms with van der Waals surface area (Å²) in [6, 6.07) is 0. The average Bonchev–Trinajstić information content (AvgIpc) is 2.92. The maximum Gasteiger partial charge on any atom is 2.00 e. The van der Waals surface area contributed by atoms with Gasteiger partial charge in [-0.05, 0) is 12.8 Å². The minimum atomic E-state index is -4.75. The fourth-order valence-corrected chi connectivity index (χ4v) is 5.65. The molecule has 0 spiro atoms. The number of phosphoric acid groups is 2. The van der Waals surface area contributed by atoms with Gasteiger partial charge in [-0.1, -0.05) is 181 Å². The van der Waals surface area contributed by atoms with Crippen LogP contribution in [0.5, 0.6) is 0 Å². The second kappa shape index (κ2) is 44.9. The summed E-state index contributed by atoms with van der Waals surface area (Å²) in [4.78, 5) is 40.9. The molecule has 0 N–H and O–H groups in total. The molecule has 0 aromatic carbocycles. The van der Waals surface area contributed by atoms with Gasteiger partial charge in [0.25, 0.3) is 0 Å². The Bertz CT molecular complexity index is 576. The molecule has 0 aromatic rings. The van der Waals surface area contributed by atoms with Gasteiger partial charge in [0, 0.05) is 0 Å². The first kappa shape index (κ1) is 57.2. The van der Waals surface area contributed by atoms with Crippen LogP contribution in [0.3, 0.4) is 0 Å². The summed E-state index contributed by atoms with van der Waals surface area (Å²) < 4.78 is 28.8. The standard InChI is InChI=1S/2C16H35O4P.2Na.Zn/c2*1-2-3-4-5-6-7-8-9-10-11-12-13-14-15-16-20-21(17,18)19;;;/h2*2-16H2,1H3,(H2,17,18,19);;;/q;;2*+1;+2/p-4. The maximum absolute atomic E-state index is 10.2. The van der Waals surface area contributed by atoms with Crippen molar-refractivity contribution in [3.63, 3.8) is 0 Å². The summed E-state index contributed by atoms with van der Waals surface area (Å²) in [5.74, 6) is 0. The molecule has 0 atom stereocenters. The van der Waals surface area contributed by atoms with Gasteiger partial charge < -0.3 is 37.8 Å². The van der Waals surface area contributed by atoms with Crippen molar-refractivity contribution in [1.82, 2.24) is 0 Å². The number of rotatable bonds is 32. The number of hydrogen-bond acceptors (Lipinski definition) is 8. The molecule has 0 bridgehead atoms. The minimum absolute atomic E-state index is 0. The Morgan fingerprint density at radius 3 is 0.667 bits per heavy atom. The van der Waals surface area contributed by atoms with E-state index in [0.29, 0.717) is 12.8 Å². The van der Waals surface area contributed by atoms with E-state index in [1.54, 1.807) is 0 Å². The fourth-order valence-electron chi connectivity index (χ4n) is 4.95. The molecule has 0 saturated carbocycles. The molecule has 0 radical (unpaired) electrons. The Morgan fingerprint density at radius 1 is 0.356 bits per heavy atom. The van der Waals surface area contributed by atoms with Gasteiger partial charge in [0.1, 0.15) is 0 Å². The van der Waals surface area contributed by atoms with Crippen LogP contribution in [-0.2, 0) is 37.7 Å². The van der Waals surface area contributed by atoms with Crippen LogP contribution in [0.4, 0.5) is 0 Å². The Balaban J connectivity index is -0.000000222.